The Kier molecular flexibility index (Phi) is 6.17. The third-order valence-corrected chi connectivity index (χ3v) is 3.48. The Balaban J connectivity index is 1.96. The molecule has 0 amide bonds. The van der Waals surface area contributed by atoms with Crippen LogP contribution in [0.2, 0.25) is 0 Å². The number of benzene rings is 1. The molecule has 116 valence electrons. The molecular weight excluding hydrogens is 266 g/mol. The fourth-order valence-electron chi connectivity index (χ4n) is 2.48. The number of nitrogens with zero attached hydrogens (tertiary/aromatic N) is 2. The monoisotopic (exact) mass is 291 g/mol. The molecule has 0 fully saturated rings. The van der Waals surface area contributed by atoms with Gasteiger partial charge >= 0.3 is 0 Å². The largest absolute Gasteiger partial charge is 0.391 e. The summed E-state index contributed by atoms with van der Waals surface area (Å²) in [6, 6.07) is 8.23. The maximum absolute atomic E-state index is 9.61. The molecule has 0 radical (unpaired) electrons. The smallest absolute Gasteiger partial charge is 0.123 e. The van der Waals surface area contributed by atoms with Crippen LogP contribution < -0.4 is 5.32 Å². The number of ether oxygens (including phenoxy) is 1. The zero-order valence-electron chi connectivity index (χ0n) is 12.9. The molecule has 0 aliphatic carbocycles. The van der Waals surface area contributed by atoms with Gasteiger partial charge in [0.1, 0.15) is 5.82 Å². The van der Waals surface area contributed by atoms with E-state index in [4.69, 9.17) is 9.72 Å². The highest BCUT2D eigenvalue weighted by Crippen LogP contribution is 2.16. The van der Waals surface area contributed by atoms with Crippen LogP contribution in [0.15, 0.2) is 24.3 Å². The summed E-state index contributed by atoms with van der Waals surface area (Å²) in [7, 11) is 1.60. The van der Waals surface area contributed by atoms with Crippen LogP contribution in [0.4, 0.5) is 0 Å². The van der Waals surface area contributed by atoms with Gasteiger partial charge in [-0.1, -0.05) is 19.1 Å². The molecule has 1 aromatic carbocycles. The van der Waals surface area contributed by atoms with Crippen molar-refractivity contribution in [1.29, 1.82) is 0 Å². The van der Waals surface area contributed by atoms with Crippen molar-refractivity contribution in [3.05, 3.63) is 30.1 Å². The van der Waals surface area contributed by atoms with Crippen LogP contribution in [-0.2, 0) is 17.8 Å². The number of aliphatic hydroxyl groups excluding tert-OH is 1. The second-order valence-electron chi connectivity index (χ2n) is 5.24. The predicted octanol–water partition coefficient (Wildman–Crippen LogP) is 1.93. The molecule has 21 heavy (non-hydrogen) atoms. The molecule has 0 spiro atoms. The van der Waals surface area contributed by atoms with Crippen LogP contribution in [0.25, 0.3) is 11.0 Å². The third kappa shape index (κ3) is 4.27. The number of nitrogens with one attached hydrogen (secondary N) is 1. The van der Waals surface area contributed by atoms with Gasteiger partial charge in [0.25, 0.3) is 0 Å². The normalized spacial score (nSPS) is 12.9. The number of rotatable bonds is 9. The predicted molar refractivity (Wildman–Crippen MR) is 84.2 cm³/mol. The van der Waals surface area contributed by atoms with Gasteiger partial charge in [-0.2, -0.15) is 0 Å². The number of aromatic nitrogens is 2. The molecule has 2 N–H and O–H groups in total. The maximum Gasteiger partial charge on any atom is 0.123 e. The lowest BCUT2D eigenvalue weighted by Gasteiger charge is -2.11. The number of aryl methyl sites for hydroxylation is 1. The van der Waals surface area contributed by atoms with Gasteiger partial charge in [0.05, 0.1) is 30.3 Å². The van der Waals surface area contributed by atoms with E-state index in [-0.39, 0.29) is 0 Å². The number of hydrogen-bond acceptors (Lipinski definition) is 4. The topological polar surface area (TPSA) is 59.3 Å². The minimum atomic E-state index is -0.406. The van der Waals surface area contributed by atoms with Crippen LogP contribution in [0.1, 0.15) is 25.6 Å². The van der Waals surface area contributed by atoms with Gasteiger partial charge in [-0.05, 0) is 31.5 Å². The fourth-order valence-corrected chi connectivity index (χ4v) is 2.48. The molecule has 5 nitrogen and oxygen atoms in total. The van der Waals surface area contributed by atoms with Crippen LogP contribution in [0, 0.1) is 0 Å². The van der Waals surface area contributed by atoms with Crippen molar-refractivity contribution in [2.75, 3.05) is 20.3 Å². The number of imidazole rings is 1. The minimum absolute atomic E-state index is 0.385. The lowest BCUT2D eigenvalue weighted by molar-refractivity contribution is 0.0593. The van der Waals surface area contributed by atoms with E-state index in [1.807, 2.05) is 12.1 Å². The highest BCUT2D eigenvalue weighted by Gasteiger charge is 2.09. The molecule has 5 heteroatoms. The second-order valence-corrected chi connectivity index (χ2v) is 5.24. The Labute approximate surface area is 125 Å². The quantitative estimate of drug-likeness (QED) is 0.693. The van der Waals surface area contributed by atoms with Gasteiger partial charge in [-0.25, -0.2) is 4.98 Å². The van der Waals surface area contributed by atoms with Crippen LogP contribution in [-0.4, -0.2) is 41.0 Å². The van der Waals surface area contributed by atoms with Crippen molar-refractivity contribution in [2.24, 2.45) is 0 Å². The number of hydrogen-bond donors (Lipinski definition) is 2. The van der Waals surface area contributed by atoms with Gasteiger partial charge in [-0.3, -0.25) is 0 Å². The zero-order valence-corrected chi connectivity index (χ0v) is 12.9. The summed E-state index contributed by atoms with van der Waals surface area (Å²) < 4.78 is 7.19. The summed E-state index contributed by atoms with van der Waals surface area (Å²) in [4.78, 5) is 4.70. The van der Waals surface area contributed by atoms with E-state index in [0.717, 1.165) is 30.9 Å². The van der Waals surface area contributed by atoms with Crippen molar-refractivity contribution in [1.82, 2.24) is 14.9 Å². The summed E-state index contributed by atoms with van der Waals surface area (Å²) in [5.41, 5.74) is 2.23. The first-order valence-corrected chi connectivity index (χ1v) is 7.58. The van der Waals surface area contributed by atoms with Crippen molar-refractivity contribution in [2.45, 2.75) is 39.0 Å². The Morgan fingerprint density at radius 3 is 2.95 bits per heavy atom. The first-order chi connectivity index (χ1) is 10.3. The lowest BCUT2D eigenvalue weighted by atomic mass is 10.2. The van der Waals surface area contributed by atoms with Gasteiger partial charge in [0, 0.05) is 13.7 Å². The number of aliphatic hydroxyl groups is 1. The molecule has 0 aliphatic rings. The van der Waals surface area contributed by atoms with Crippen molar-refractivity contribution >= 4 is 11.0 Å². The standard InChI is InChI=1S/C16H25N3O2/c1-3-10-19-15-7-5-4-6-14(15)18-16(19)11-17-9-8-13(20)12-21-2/h4-7,13,17,20H,3,8-12H2,1-2H3. The molecular formula is C16H25N3O2. The summed E-state index contributed by atoms with van der Waals surface area (Å²) >= 11 is 0. The van der Waals surface area contributed by atoms with E-state index in [9.17, 15) is 5.11 Å². The summed E-state index contributed by atoms with van der Waals surface area (Å²) in [5, 5.41) is 13.0. The van der Waals surface area contributed by atoms with Crippen LogP contribution in [0.5, 0.6) is 0 Å². The molecule has 0 saturated carbocycles. The summed E-state index contributed by atoms with van der Waals surface area (Å²) in [5.74, 6) is 1.05. The summed E-state index contributed by atoms with van der Waals surface area (Å²) in [6.07, 6.45) is 1.36. The number of methoxy groups -OCH3 is 1. The van der Waals surface area contributed by atoms with Gasteiger partial charge < -0.3 is 19.7 Å². The van der Waals surface area contributed by atoms with Crippen molar-refractivity contribution in [3.8, 4) is 0 Å². The van der Waals surface area contributed by atoms with Gasteiger partial charge in [0.15, 0.2) is 0 Å². The Bertz CT molecular complexity index is 553. The van der Waals surface area contributed by atoms with Crippen molar-refractivity contribution in [3.63, 3.8) is 0 Å². The van der Waals surface area contributed by atoms with E-state index >= 15 is 0 Å². The van der Waals surface area contributed by atoms with E-state index in [2.05, 4.69) is 28.9 Å². The Morgan fingerprint density at radius 1 is 1.38 bits per heavy atom. The van der Waals surface area contributed by atoms with E-state index in [1.54, 1.807) is 7.11 Å². The Hall–Kier alpha value is -1.43. The Morgan fingerprint density at radius 2 is 2.19 bits per heavy atom. The molecule has 2 aromatic rings. The van der Waals surface area contributed by atoms with Gasteiger partial charge in [-0.15, -0.1) is 0 Å². The number of fused-ring (bicyclic) bond motifs is 1. The van der Waals surface area contributed by atoms with Crippen molar-refractivity contribution < 1.29 is 9.84 Å². The highest BCUT2D eigenvalue weighted by molar-refractivity contribution is 5.75. The lowest BCUT2D eigenvalue weighted by Crippen LogP contribution is -2.24. The maximum atomic E-state index is 9.61. The molecule has 0 bridgehead atoms. The molecule has 1 aromatic heterocycles. The van der Waals surface area contributed by atoms with Crippen LogP contribution in [0.3, 0.4) is 0 Å². The molecule has 0 saturated heterocycles. The minimum Gasteiger partial charge on any atom is -0.391 e. The average molecular weight is 291 g/mol. The second kappa shape index (κ2) is 8.12. The first kappa shape index (κ1) is 15.9. The average Bonchev–Trinajstić information content (AvgIpc) is 2.83. The molecule has 1 unspecified atom stereocenters. The zero-order chi connectivity index (χ0) is 15.1. The first-order valence-electron chi connectivity index (χ1n) is 7.58. The molecule has 2 rings (SSSR count). The molecule has 0 aliphatic heterocycles. The molecule has 1 atom stereocenters. The SMILES string of the molecule is CCCn1c(CNCCC(O)COC)nc2ccccc21. The third-order valence-electron chi connectivity index (χ3n) is 3.48. The fraction of sp³-hybridized carbons (Fsp3) is 0.562. The van der Waals surface area contributed by atoms with E-state index in [0.29, 0.717) is 19.6 Å². The summed E-state index contributed by atoms with van der Waals surface area (Å²) in [6.45, 7) is 5.00. The van der Waals surface area contributed by atoms with E-state index < -0.39 is 6.10 Å². The number of para-hydroxylation sites is 2. The highest BCUT2D eigenvalue weighted by atomic mass is 16.5. The van der Waals surface area contributed by atoms with Crippen LogP contribution >= 0.6 is 0 Å². The molecule has 1 heterocycles. The van der Waals surface area contributed by atoms with Gasteiger partial charge in [0.2, 0.25) is 0 Å². The van der Waals surface area contributed by atoms with E-state index in [1.165, 1.54) is 5.52 Å².